The number of benzene rings is 1. The quantitative estimate of drug-likeness (QED) is 0.303. The lowest BCUT2D eigenvalue weighted by molar-refractivity contribution is -0.126. The number of aromatic nitrogens is 3. The number of fused-ring (bicyclic) bond motifs is 2. The molecule has 0 radical (unpaired) electrons. The molecular formula is C28H26F3N7S. The van der Waals surface area contributed by atoms with Gasteiger partial charge < -0.3 is 9.88 Å². The van der Waals surface area contributed by atoms with E-state index in [1.54, 1.807) is 6.07 Å². The second-order valence-electron chi connectivity index (χ2n) is 10.0. The average molecular weight is 550 g/mol. The molecule has 6 rings (SSSR count). The molecule has 2 aliphatic rings. The number of nitrogens with zero attached hydrogens (tertiary/aromatic N) is 6. The molecule has 1 aromatic carbocycles. The molecule has 1 N–H and O–H groups in total. The molecule has 2 aliphatic heterocycles. The Morgan fingerprint density at radius 3 is 2.69 bits per heavy atom. The van der Waals surface area contributed by atoms with Crippen LogP contribution in [0, 0.1) is 11.3 Å². The highest BCUT2D eigenvalue weighted by atomic mass is 32.1. The number of anilines is 1. The molecule has 0 unspecified atom stereocenters. The molecule has 0 spiro atoms. The van der Waals surface area contributed by atoms with Gasteiger partial charge in [0.25, 0.3) is 0 Å². The van der Waals surface area contributed by atoms with Gasteiger partial charge in [0, 0.05) is 54.1 Å². The molecule has 0 amide bonds. The lowest BCUT2D eigenvalue weighted by Gasteiger charge is -2.32. The maximum Gasteiger partial charge on any atom is 0.393 e. The number of alkyl halides is 3. The average Bonchev–Trinajstić information content (AvgIpc) is 3.64. The van der Waals surface area contributed by atoms with Crippen molar-refractivity contribution in [2.45, 2.75) is 51.0 Å². The summed E-state index contributed by atoms with van der Waals surface area (Å²) < 4.78 is 40.6. The Kier molecular flexibility index (Phi) is 6.83. The van der Waals surface area contributed by atoms with Gasteiger partial charge in [0.1, 0.15) is 28.7 Å². The number of hydrogen-bond donors (Lipinski definition) is 1. The fourth-order valence-corrected chi connectivity index (χ4v) is 6.38. The molecular weight excluding hydrogens is 523 g/mol. The van der Waals surface area contributed by atoms with Crippen molar-refractivity contribution in [2.75, 3.05) is 18.4 Å². The van der Waals surface area contributed by atoms with Crippen LogP contribution in [0.3, 0.4) is 0 Å². The molecule has 200 valence electrons. The van der Waals surface area contributed by atoms with Crippen LogP contribution in [-0.2, 0) is 19.5 Å². The highest BCUT2D eigenvalue weighted by molar-refractivity contribution is 7.18. The Bertz CT molecular complexity index is 1620. The van der Waals surface area contributed by atoms with E-state index in [0.29, 0.717) is 28.3 Å². The smallest absolute Gasteiger partial charge is 0.367 e. The van der Waals surface area contributed by atoms with Crippen LogP contribution in [0.2, 0.25) is 0 Å². The van der Waals surface area contributed by atoms with Crippen molar-refractivity contribution in [1.29, 1.82) is 5.26 Å². The third kappa shape index (κ3) is 5.67. The minimum atomic E-state index is -4.25. The summed E-state index contributed by atoms with van der Waals surface area (Å²) in [6.45, 7) is 3.19. The largest absolute Gasteiger partial charge is 0.393 e. The van der Waals surface area contributed by atoms with E-state index in [9.17, 15) is 18.4 Å². The summed E-state index contributed by atoms with van der Waals surface area (Å²) in [6.07, 6.45) is 2.82. The third-order valence-electron chi connectivity index (χ3n) is 7.21. The van der Waals surface area contributed by atoms with E-state index in [0.717, 1.165) is 66.8 Å². The molecule has 5 heterocycles. The topological polar surface area (TPSA) is 82.1 Å². The van der Waals surface area contributed by atoms with Gasteiger partial charge in [-0.05, 0) is 42.7 Å². The Morgan fingerprint density at radius 2 is 1.95 bits per heavy atom. The summed E-state index contributed by atoms with van der Waals surface area (Å²) in [4.78, 5) is 16.1. The lowest BCUT2D eigenvalue weighted by Crippen LogP contribution is -2.38. The van der Waals surface area contributed by atoms with Crippen molar-refractivity contribution >= 4 is 44.5 Å². The molecule has 0 bridgehead atoms. The Morgan fingerprint density at radius 1 is 1.10 bits per heavy atom. The second-order valence-corrected chi connectivity index (χ2v) is 11.1. The maximum atomic E-state index is 12.9. The van der Waals surface area contributed by atoms with Gasteiger partial charge in [0.15, 0.2) is 0 Å². The van der Waals surface area contributed by atoms with Gasteiger partial charge in [0.05, 0.1) is 24.0 Å². The zero-order valence-corrected chi connectivity index (χ0v) is 21.9. The first-order valence-electron chi connectivity index (χ1n) is 12.9. The second kappa shape index (κ2) is 10.4. The van der Waals surface area contributed by atoms with Gasteiger partial charge in [-0.25, -0.2) is 9.97 Å². The van der Waals surface area contributed by atoms with E-state index in [4.69, 9.17) is 0 Å². The lowest BCUT2D eigenvalue weighted by atomic mass is 10.0. The van der Waals surface area contributed by atoms with Gasteiger partial charge in [0.2, 0.25) is 0 Å². The molecule has 11 heteroatoms. The number of nitrogens with one attached hydrogen (secondary N) is 1. The summed E-state index contributed by atoms with van der Waals surface area (Å²) >= 11 is 1.07. The highest BCUT2D eigenvalue weighted by Crippen LogP contribution is 2.33. The SMILES string of the molecule is N#Cc1cc2cc(CN3CCC(Nc4ncnc5sc(CC(F)(F)F)cc45)CC3)ccc2n1CC1=CCC=N1. The van der Waals surface area contributed by atoms with Crippen LogP contribution in [0.5, 0.6) is 0 Å². The van der Waals surface area contributed by atoms with Crippen molar-refractivity contribution in [3.05, 3.63) is 64.6 Å². The summed E-state index contributed by atoms with van der Waals surface area (Å²) in [5, 5.41) is 14.8. The first-order chi connectivity index (χ1) is 18.8. The number of allylic oxidation sites excluding steroid dienone is 2. The van der Waals surface area contributed by atoms with Gasteiger partial charge in [-0.1, -0.05) is 12.1 Å². The van der Waals surface area contributed by atoms with E-state index >= 15 is 0 Å². The minimum absolute atomic E-state index is 0.188. The van der Waals surface area contributed by atoms with Crippen molar-refractivity contribution in [1.82, 2.24) is 19.4 Å². The number of thiophene rings is 1. The summed E-state index contributed by atoms with van der Waals surface area (Å²) in [5.74, 6) is 0.602. The number of piperidine rings is 1. The normalized spacial score (nSPS) is 16.7. The fraction of sp³-hybridized carbons (Fsp3) is 0.357. The molecule has 4 aromatic rings. The Labute approximate surface area is 227 Å². The molecule has 0 atom stereocenters. The van der Waals surface area contributed by atoms with Gasteiger partial charge >= 0.3 is 6.18 Å². The molecule has 7 nitrogen and oxygen atoms in total. The van der Waals surface area contributed by atoms with E-state index < -0.39 is 12.6 Å². The Hall–Kier alpha value is -3.75. The third-order valence-corrected chi connectivity index (χ3v) is 8.25. The van der Waals surface area contributed by atoms with Crippen molar-refractivity contribution < 1.29 is 13.2 Å². The van der Waals surface area contributed by atoms with Crippen LogP contribution in [0.1, 0.15) is 35.4 Å². The molecule has 3 aromatic heterocycles. The van der Waals surface area contributed by atoms with Crippen molar-refractivity contribution in [2.24, 2.45) is 4.99 Å². The zero-order chi connectivity index (χ0) is 27.0. The first kappa shape index (κ1) is 25.5. The van der Waals surface area contributed by atoms with Crippen LogP contribution >= 0.6 is 11.3 Å². The number of halogens is 3. The maximum absolute atomic E-state index is 12.9. The fourth-order valence-electron chi connectivity index (χ4n) is 5.35. The van der Waals surface area contributed by atoms with E-state index in [1.807, 2.05) is 16.8 Å². The zero-order valence-electron chi connectivity index (χ0n) is 21.1. The number of likely N-dealkylation sites (tertiary alicyclic amines) is 1. The molecule has 0 saturated carbocycles. The van der Waals surface area contributed by atoms with Crippen molar-refractivity contribution in [3.8, 4) is 6.07 Å². The standard InChI is InChI=1S/C28H26F3N7S/c29-28(30,31)13-23-12-24-26(34-17-35-27(24)39-23)36-20-5-8-37(9-6-20)15-18-3-4-25-19(10-18)11-22(14-32)38(25)16-21-2-1-7-33-21/h2-4,7,10-12,17,20H,1,5-6,8-9,13,15-16H2,(H,34,35,36). The highest BCUT2D eigenvalue weighted by Gasteiger charge is 2.29. The predicted molar refractivity (Wildman–Crippen MR) is 147 cm³/mol. The van der Waals surface area contributed by atoms with Crippen LogP contribution < -0.4 is 5.32 Å². The van der Waals surface area contributed by atoms with Crippen LogP contribution in [0.4, 0.5) is 19.0 Å². The first-order valence-corrected chi connectivity index (χ1v) is 13.7. The summed E-state index contributed by atoms with van der Waals surface area (Å²) in [6, 6.07) is 12.4. The number of nitriles is 1. The summed E-state index contributed by atoms with van der Waals surface area (Å²) in [7, 11) is 0. The van der Waals surface area contributed by atoms with E-state index in [2.05, 4.69) is 55.5 Å². The van der Waals surface area contributed by atoms with E-state index in [-0.39, 0.29) is 10.9 Å². The van der Waals surface area contributed by atoms with Crippen LogP contribution in [-0.4, -0.2) is 51.0 Å². The van der Waals surface area contributed by atoms with E-state index in [1.165, 1.54) is 11.9 Å². The van der Waals surface area contributed by atoms with Gasteiger partial charge in [-0.3, -0.25) is 9.89 Å². The monoisotopic (exact) mass is 549 g/mol. The molecule has 39 heavy (non-hydrogen) atoms. The number of aliphatic imine (C=N–C) groups is 1. The van der Waals surface area contributed by atoms with Crippen LogP contribution in [0.15, 0.2) is 53.4 Å². The summed E-state index contributed by atoms with van der Waals surface area (Å²) in [5.41, 5.74) is 3.84. The van der Waals surface area contributed by atoms with Gasteiger partial charge in [-0.15, -0.1) is 11.3 Å². The number of rotatable bonds is 7. The predicted octanol–water partition coefficient (Wildman–Crippen LogP) is 6.06. The molecule has 1 saturated heterocycles. The van der Waals surface area contributed by atoms with Crippen LogP contribution in [0.25, 0.3) is 21.1 Å². The van der Waals surface area contributed by atoms with Crippen molar-refractivity contribution in [3.63, 3.8) is 0 Å². The Balaban J connectivity index is 1.09. The molecule has 1 fully saturated rings. The van der Waals surface area contributed by atoms with Gasteiger partial charge in [-0.2, -0.15) is 18.4 Å². The minimum Gasteiger partial charge on any atom is -0.367 e. The molecule has 0 aliphatic carbocycles. The number of hydrogen-bond acceptors (Lipinski definition) is 7.